The fraction of sp³-hybridized carbons (Fsp3) is 0.444. The second-order valence-electron chi connectivity index (χ2n) is 5.74. The average Bonchev–Trinajstić information content (AvgIpc) is 3.02. The van der Waals surface area contributed by atoms with Crippen LogP contribution >= 0.6 is 0 Å². The summed E-state index contributed by atoms with van der Waals surface area (Å²) in [5.41, 5.74) is 2.29. The van der Waals surface area contributed by atoms with E-state index in [1.165, 1.54) is 5.56 Å². The Hall–Kier alpha value is -2.50. The number of benzene rings is 1. The summed E-state index contributed by atoms with van der Waals surface area (Å²) in [6.07, 6.45) is 4.91. The number of aromatic nitrogens is 2. The third kappa shape index (κ3) is 5.01. The van der Waals surface area contributed by atoms with Crippen molar-refractivity contribution in [3.05, 3.63) is 47.8 Å². The molecule has 1 aromatic carbocycles. The first-order chi connectivity index (χ1) is 11.6. The molecule has 0 fully saturated rings. The molecule has 6 nitrogen and oxygen atoms in total. The van der Waals surface area contributed by atoms with Crippen LogP contribution in [-0.4, -0.2) is 36.4 Å². The minimum absolute atomic E-state index is 0.0983. The van der Waals surface area contributed by atoms with Crippen molar-refractivity contribution >= 4 is 5.96 Å². The van der Waals surface area contributed by atoms with Gasteiger partial charge >= 0.3 is 0 Å². The number of hydrogen-bond acceptors (Lipinski definition) is 3. The highest BCUT2D eigenvalue weighted by atomic mass is 16.5. The van der Waals surface area contributed by atoms with Crippen LogP contribution in [0.5, 0.6) is 5.75 Å². The summed E-state index contributed by atoms with van der Waals surface area (Å²) in [6.45, 7) is 5.86. The van der Waals surface area contributed by atoms with Crippen LogP contribution in [0.1, 0.15) is 30.5 Å². The van der Waals surface area contributed by atoms with Crippen molar-refractivity contribution < 1.29 is 4.74 Å². The maximum absolute atomic E-state index is 5.42. The number of ether oxygens (including phenoxy) is 1. The van der Waals surface area contributed by atoms with Crippen LogP contribution < -0.4 is 15.4 Å². The second kappa shape index (κ2) is 8.96. The molecule has 1 heterocycles. The SMILES string of the molecule is CN=C(NCCCn1cc(C)cn1)N[C@@H](C)c1ccccc1OC. The van der Waals surface area contributed by atoms with Gasteiger partial charge in [0.1, 0.15) is 5.75 Å². The van der Waals surface area contributed by atoms with Crippen LogP contribution in [0.4, 0.5) is 0 Å². The van der Waals surface area contributed by atoms with Crippen molar-refractivity contribution in [2.75, 3.05) is 20.7 Å². The smallest absolute Gasteiger partial charge is 0.191 e. The Kier molecular flexibility index (Phi) is 6.66. The molecule has 2 aromatic rings. The molecule has 6 heteroatoms. The summed E-state index contributed by atoms with van der Waals surface area (Å²) in [7, 11) is 3.47. The summed E-state index contributed by atoms with van der Waals surface area (Å²) in [4.78, 5) is 4.29. The fourth-order valence-corrected chi connectivity index (χ4v) is 2.54. The average molecular weight is 329 g/mol. The van der Waals surface area contributed by atoms with Gasteiger partial charge in [-0.25, -0.2) is 0 Å². The van der Waals surface area contributed by atoms with Crippen molar-refractivity contribution in [1.82, 2.24) is 20.4 Å². The van der Waals surface area contributed by atoms with Gasteiger partial charge in [0.2, 0.25) is 0 Å². The minimum atomic E-state index is 0.0983. The van der Waals surface area contributed by atoms with Gasteiger partial charge in [-0.3, -0.25) is 9.67 Å². The van der Waals surface area contributed by atoms with Gasteiger partial charge in [-0.1, -0.05) is 18.2 Å². The third-order valence-electron chi connectivity index (χ3n) is 3.80. The van der Waals surface area contributed by atoms with Crippen LogP contribution in [0, 0.1) is 6.92 Å². The molecule has 2 rings (SSSR count). The lowest BCUT2D eigenvalue weighted by Gasteiger charge is -2.20. The Morgan fingerprint density at radius 2 is 2.17 bits per heavy atom. The monoisotopic (exact) mass is 329 g/mol. The third-order valence-corrected chi connectivity index (χ3v) is 3.80. The maximum Gasteiger partial charge on any atom is 0.191 e. The maximum atomic E-state index is 5.42. The van der Waals surface area contributed by atoms with Gasteiger partial charge < -0.3 is 15.4 Å². The van der Waals surface area contributed by atoms with E-state index in [1.807, 2.05) is 36.0 Å². The van der Waals surface area contributed by atoms with Crippen molar-refractivity contribution in [3.8, 4) is 5.75 Å². The van der Waals surface area contributed by atoms with Crippen molar-refractivity contribution in [1.29, 1.82) is 0 Å². The molecule has 0 radical (unpaired) electrons. The zero-order valence-corrected chi connectivity index (χ0v) is 14.9. The van der Waals surface area contributed by atoms with Crippen molar-refractivity contribution in [3.63, 3.8) is 0 Å². The molecule has 1 aromatic heterocycles. The van der Waals surface area contributed by atoms with E-state index in [1.54, 1.807) is 14.2 Å². The molecular formula is C18H27N5O. The van der Waals surface area contributed by atoms with E-state index in [0.717, 1.165) is 36.8 Å². The van der Waals surface area contributed by atoms with Gasteiger partial charge in [-0.15, -0.1) is 0 Å². The van der Waals surface area contributed by atoms with Crippen LogP contribution in [-0.2, 0) is 6.54 Å². The van der Waals surface area contributed by atoms with E-state index in [2.05, 4.69) is 39.9 Å². The molecule has 0 saturated heterocycles. The number of guanidine groups is 1. The summed E-state index contributed by atoms with van der Waals surface area (Å²) in [6, 6.07) is 8.11. The van der Waals surface area contributed by atoms with Gasteiger partial charge in [0.05, 0.1) is 19.3 Å². The number of methoxy groups -OCH3 is 1. The highest BCUT2D eigenvalue weighted by Crippen LogP contribution is 2.24. The van der Waals surface area contributed by atoms with E-state index in [9.17, 15) is 0 Å². The van der Waals surface area contributed by atoms with Crippen LogP contribution in [0.3, 0.4) is 0 Å². The molecule has 0 aliphatic carbocycles. The van der Waals surface area contributed by atoms with Gasteiger partial charge in [0.15, 0.2) is 5.96 Å². The summed E-state index contributed by atoms with van der Waals surface area (Å²) < 4.78 is 7.38. The Balaban J connectivity index is 1.81. The van der Waals surface area contributed by atoms with E-state index in [0.29, 0.717) is 0 Å². The number of para-hydroxylation sites is 1. The summed E-state index contributed by atoms with van der Waals surface area (Å²) >= 11 is 0. The van der Waals surface area contributed by atoms with E-state index >= 15 is 0 Å². The number of rotatable bonds is 7. The van der Waals surface area contributed by atoms with E-state index in [-0.39, 0.29) is 6.04 Å². The second-order valence-corrected chi connectivity index (χ2v) is 5.74. The van der Waals surface area contributed by atoms with Crippen LogP contribution in [0.2, 0.25) is 0 Å². The first-order valence-electron chi connectivity index (χ1n) is 8.23. The van der Waals surface area contributed by atoms with E-state index < -0.39 is 0 Å². The Bertz CT molecular complexity index is 665. The van der Waals surface area contributed by atoms with E-state index in [4.69, 9.17) is 4.74 Å². The molecule has 0 bridgehead atoms. The Morgan fingerprint density at radius 1 is 1.38 bits per heavy atom. The molecule has 0 spiro atoms. The summed E-state index contributed by atoms with van der Waals surface area (Å²) in [5, 5.41) is 11.0. The van der Waals surface area contributed by atoms with Gasteiger partial charge in [0.25, 0.3) is 0 Å². The normalized spacial score (nSPS) is 12.8. The molecule has 0 aliphatic rings. The molecule has 0 unspecified atom stereocenters. The van der Waals surface area contributed by atoms with Crippen LogP contribution in [0.15, 0.2) is 41.7 Å². The molecule has 1 atom stereocenters. The molecular weight excluding hydrogens is 302 g/mol. The lowest BCUT2D eigenvalue weighted by atomic mass is 10.1. The number of nitrogens with zero attached hydrogens (tertiary/aromatic N) is 3. The predicted molar refractivity (Wildman–Crippen MR) is 97.5 cm³/mol. The number of hydrogen-bond donors (Lipinski definition) is 2. The molecule has 130 valence electrons. The van der Waals surface area contributed by atoms with Gasteiger partial charge in [-0.05, 0) is 31.9 Å². The Labute approximate surface area is 143 Å². The zero-order valence-electron chi connectivity index (χ0n) is 14.9. The number of aryl methyl sites for hydroxylation is 2. The van der Waals surface area contributed by atoms with Crippen LogP contribution in [0.25, 0.3) is 0 Å². The molecule has 2 N–H and O–H groups in total. The van der Waals surface area contributed by atoms with Crippen molar-refractivity contribution in [2.45, 2.75) is 32.9 Å². The first-order valence-corrected chi connectivity index (χ1v) is 8.23. The van der Waals surface area contributed by atoms with Crippen molar-refractivity contribution in [2.24, 2.45) is 4.99 Å². The quantitative estimate of drug-likeness (QED) is 0.465. The lowest BCUT2D eigenvalue weighted by Crippen LogP contribution is -2.39. The lowest BCUT2D eigenvalue weighted by molar-refractivity contribution is 0.405. The van der Waals surface area contributed by atoms with Gasteiger partial charge in [-0.2, -0.15) is 5.10 Å². The Morgan fingerprint density at radius 3 is 2.83 bits per heavy atom. The topological polar surface area (TPSA) is 63.5 Å². The highest BCUT2D eigenvalue weighted by Gasteiger charge is 2.12. The summed E-state index contributed by atoms with van der Waals surface area (Å²) in [5.74, 6) is 1.66. The molecule has 0 amide bonds. The minimum Gasteiger partial charge on any atom is -0.496 e. The number of aliphatic imine (C=N–C) groups is 1. The highest BCUT2D eigenvalue weighted by molar-refractivity contribution is 5.80. The predicted octanol–water partition coefficient (Wildman–Crippen LogP) is 2.52. The van der Waals surface area contributed by atoms with Gasteiger partial charge in [0, 0.05) is 31.9 Å². The zero-order chi connectivity index (χ0) is 17.4. The molecule has 0 saturated carbocycles. The standard InChI is InChI=1S/C18H27N5O/c1-14-12-21-23(13-14)11-7-10-20-18(19-3)22-15(2)16-8-5-6-9-17(16)24-4/h5-6,8-9,12-13,15H,7,10-11H2,1-4H3,(H2,19,20,22)/t15-/m0/s1. The molecule has 0 aliphatic heterocycles. The fourth-order valence-electron chi connectivity index (χ4n) is 2.54. The number of nitrogens with one attached hydrogen (secondary N) is 2. The largest absolute Gasteiger partial charge is 0.496 e. The first kappa shape index (κ1) is 17.8. The molecule has 24 heavy (non-hydrogen) atoms.